The van der Waals surface area contributed by atoms with Crippen LogP contribution < -0.4 is 4.74 Å². The van der Waals surface area contributed by atoms with E-state index in [0.717, 1.165) is 31.2 Å². The molecule has 23 heavy (non-hydrogen) atoms. The van der Waals surface area contributed by atoms with Crippen LogP contribution in [0.3, 0.4) is 0 Å². The topological polar surface area (TPSA) is 58.8 Å². The highest BCUT2D eigenvalue weighted by molar-refractivity contribution is 5.56. The van der Waals surface area contributed by atoms with Crippen LogP contribution in [0.2, 0.25) is 0 Å². The molecule has 1 heterocycles. The Labute approximate surface area is 137 Å². The number of rotatable bonds is 8. The van der Waals surface area contributed by atoms with Gasteiger partial charge in [0.25, 0.3) is 0 Å². The van der Waals surface area contributed by atoms with Crippen molar-refractivity contribution in [3.05, 3.63) is 54.4 Å². The molecule has 0 spiro atoms. The van der Waals surface area contributed by atoms with Crippen LogP contribution in [0.25, 0.3) is 11.4 Å². The number of ether oxygens (including phenoxy) is 1. The van der Waals surface area contributed by atoms with E-state index in [0.29, 0.717) is 23.7 Å². The number of nitriles is 1. The van der Waals surface area contributed by atoms with Crippen molar-refractivity contribution >= 4 is 0 Å². The fourth-order valence-corrected chi connectivity index (χ4v) is 2.07. The molecule has 0 aliphatic carbocycles. The minimum absolute atomic E-state index is 0.627. The average Bonchev–Trinajstić information content (AvgIpc) is 2.61. The first kappa shape index (κ1) is 16.7. The molecule has 0 fully saturated rings. The zero-order valence-electron chi connectivity index (χ0n) is 13.4. The van der Waals surface area contributed by atoms with Crippen LogP contribution in [0.15, 0.2) is 48.8 Å². The van der Waals surface area contributed by atoms with Gasteiger partial charge in [0.1, 0.15) is 0 Å². The number of unbranched alkanes of at least 4 members (excludes halogenated alkanes) is 2. The maximum Gasteiger partial charge on any atom is 0.159 e. The molecule has 2 aromatic rings. The van der Waals surface area contributed by atoms with Gasteiger partial charge >= 0.3 is 0 Å². The highest BCUT2D eigenvalue weighted by Gasteiger charge is 2.02. The summed E-state index contributed by atoms with van der Waals surface area (Å²) in [5, 5.41) is 8.80. The Morgan fingerprint density at radius 1 is 1.09 bits per heavy atom. The third-order valence-electron chi connectivity index (χ3n) is 3.34. The van der Waals surface area contributed by atoms with Crippen LogP contribution in [0, 0.1) is 11.3 Å². The number of aromatic nitrogens is 2. The standard InChI is InChI=1S/C19H21N3O/c1-2-3-4-5-6-7-12-23-18-14-21-19(22-15-18)17-10-8-16(13-20)9-11-17/h3-4,8-11,14-15H,2,5-7,12H2,1H3. The third-order valence-corrected chi connectivity index (χ3v) is 3.34. The molecule has 0 saturated carbocycles. The van der Waals surface area contributed by atoms with Gasteiger partial charge in [0.15, 0.2) is 11.6 Å². The van der Waals surface area contributed by atoms with Crippen LogP contribution in [0.5, 0.6) is 5.75 Å². The van der Waals surface area contributed by atoms with Crippen molar-refractivity contribution in [3.63, 3.8) is 0 Å². The zero-order valence-corrected chi connectivity index (χ0v) is 13.4. The van der Waals surface area contributed by atoms with E-state index in [1.54, 1.807) is 24.5 Å². The van der Waals surface area contributed by atoms with Crippen molar-refractivity contribution < 1.29 is 4.74 Å². The lowest BCUT2D eigenvalue weighted by atomic mass is 10.1. The van der Waals surface area contributed by atoms with Crippen LogP contribution >= 0.6 is 0 Å². The molecule has 0 N–H and O–H groups in total. The van der Waals surface area contributed by atoms with Gasteiger partial charge in [0.2, 0.25) is 0 Å². The smallest absolute Gasteiger partial charge is 0.159 e. The molecule has 2 rings (SSSR count). The van der Waals surface area contributed by atoms with Gasteiger partial charge in [-0.2, -0.15) is 5.26 Å². The molecule has 0 atom stereocenters. The van der Waals surface area contributed by atoms with Crippen molar-refractivity contribution in [1.29, 1.82) is 5.26 Å². The number of nitrogens with zero attached hydrogens (tertiary/aromatic N) is 3. The molecule has 0 aliphatic heterocycles. The maximum absolute atomic E-state index is 8.80. The lowest BCUT2D eigenvalue weighted by Gasteiger charge is -2.06. The lowest BCUT2D eigenvalue weighted by Crippen LogP contribution is -1.99. The van der Waals surface area contributed by atoms with Gasteiger partial charge in [-0.05, 0) is 49.9 Å². The molecule has 4 heteroatoms. The summed E-state index contributed by atoms with van der Waals surface area (Å²) in [5.41, 5.74) is 1.51. The lowest BCUT2D eigenvalue weighted by molar-refractivity contribution is 0.305. The Bertz CT molecular complexity index is 655. The second-order valence-corrected chi connectivity index (χ2v) is 5.16. The first-order valence-electron chi connectivity index (χ1n) is 7.94. The third kappa shape index (κ3) is 5.55. The van der Waals surface area contributed by atoms with Crippen molar-refractivity contribution in [3.8, 4) is 23.2 Å². The molecular formula is C19H21N3O. The van der Waals surface area contributed by atoms with Gasteiger partial charge in [-0.1, -0.05) is 19.1 Å². The summed E-state index contributed by atoms with van der Waals surface area (Å²) in [6.07, 6.45) is 12.1. The second-order valence-electron chi connectivity index (χ2n) is 5.16. The maximum atomic E-state index is 8.80. The number of allylic oxidation sites excluding steroid dienone is 2. The molecule has 1 aromatic heterocycles. The minimum Gasteiger partial charge on any atom is -0.490 e. The SMILES string of the molecule is CCC=CCCCCOc1cnc(-c2ccc(C#N)cc2)nc1. The fraction of sp³-hybridized carbons (Fsp3) is 0.316. The fourth-order valence-electron chi connectivity index (χ4n) is 2.07. The van der Waals surface area contributed by atoms with Crippen molar-refractivity contribution in [2.45, 2.75) is 32.6 Å². The molecule has 0 saturated heterocycles. The van der Waals surface area contributed by atoms with Gasteiger partial charge in [-0.3, -0.25) is 0 Å². The van der Waals surface area contributed by atoms with Crippen molar-refractivity contribution in [2.24, 2.45) is 0 Å². The molecule has 0 aliphatic rings. The number of hydrogen-bond donors (Lipinski definition) is 0. The van der Waals surface area contributed by atoms with Gasteiger partial charge in [-0.15, -0.1) is 0 Å². The number of benzene rings is 1. The summed E-state index contributed by atoms with van der Waals surface area (Å²) in [4.78, 5) is 8.63. The summed E-state index contributed by atoms with van der Waals surface area (Å²) >= 11 is 0. The largest absolute Gasteiger partial charge is 0.490 e. The van der Waals surface area contributed by atoms with E-state index < -0.39 is 0 Å². The van der Waals surface area contributed by atoms with Crippen molar-refractivity contribution in [1.82, 2.24) is 9.97 Å². The predicted octanol–water partition coefficient (Wildman–Crippen LogP) is 4.53. The average molecular weight is 307 g/mol. The first-order chi connectivity index (χ1) is 11.3. The van der Waals surface area contributed by atoms with Gasteiger partial charge in [0.05, 0.1) is 30.6 Å². The Morgan fingerprint density at radius 2 is 1.83 bits per heavy atom. The first-order valence-corrected chi connectivity index (χ1v) is 7.94. The van der Waals surface area contributed by atoms with Crippen LogP contribution in [-0.4, -0.2) is 16.6 Å². The highest BCUT2D eigenvalue weighted by Crippen LogP contribution is 2.17. The van der Waals surface area contributed by atoms with Crippen LogP contribution in [0.4, 0.5) is 0 Å². The molecular weight excluding hydrogens is 286 g/mol. The monoisotopic (exact) mass is 307 g/mol. The van der Waals surface area contributed by atoms with Gasteiger partial charge in [0, 0.05) is 5.56 Å². The molecule has 4 nitrogen and oxygen atoms in total. The Balaban J connectivity index is 1.80. The summed E-state index contributed by atoms with van der Waals surface area (Å²) in [5.74, 6) is 1.32. The summed E-state index contributed by atoms with van der Waals surface area (Å²) < 4.78 is 5.65. The Kier molecular flexibility index (Phi) is 6.80. The summed E-state index contributed by atoms with van der Waals surface area (Å²) in [7, 11) is 0. The van der Waals surface area contributed by atoms with Gasteiger partial charge < -0.3 is 4.74 Å². The second kappa shape index (κ2) is 9.37. The summed E-state index contributed by atoms with van der Waals surface area (Å²) in [6, 6.07) is 9.31. The van der Waals surface area contributed by atoms with E-state index in [4.69, 9.17) is 10.00 Å². The van der Waals surface area contributed by atoms with E-state index in [9.17, 15) is 0 Å². The molecule has 0 unspecified atom stereocenters. The van der Waals surface area contributed by atoms with Gasteiger partial charge in [-0.25, -0.2) is 9.97 Å². The van der Waals surface area contributed by atoms with Crippen molar-refractivity contribution in [2.75, 3.05) is 6.61 Å². The molecule has 0 bridgehead atoms. The van der Waals surface area contributed by atoms with E-state index in [2.05, 4.69) is 35.1 Å². The normalized spacial score (nSPS) is 10.6. The summed E-state index contributed by atoms with van der Waals surface area (Å²) in [6.45, 7) is 2.82. The highest BCUT2D eigenvalue weighted by atomic mass is 16.5. The van der Waals surface area contributed by atoms with E-state index in [1.807, 2.05) is 12.1 Å². The predicted molar refractivity (Wildman–Crippen MR) is 91.0 cm³/mol. The Morgan fingerprint density at radius 3 is 2.48 bits per heavy atom. The van der Waals surface area contributed by atoms with Crippen LogP contribution in [-0.2, 0) is 0 Å². The van der Waals surface area contributed by atoms with E-state index in [-0.39, 0.29) is 0 Å². The Hall–Kier alpha value is -2.67. The number of hydrogen-bond acceptors (Lipinski definition) is 4. The zero-order chi connectivity index (χ0) is 16.3. The quantitative estimate of drug-likeness (QED) is 0.531. The van der Waals surface area contributed by atoms with E-state index in [1.165, 1.54) is 0 Å². The van der Waals surface area contributed by atoms with Crippen LogP contribution in [0.1, 0.15) is 38.2 Å². The molecule has 118 valence electrons. The molecule has 0 amide bonds. The molecule has 1 aromatic carbocycles. The van der Waals surface area contributed by atoms with E-state index >= 15 is 0 Å². The molecule has 0 radical (unpaired) electrons. The minimum atomic E-state index is 0.627.